The number of nitrogens with zero attached hydrogens (tertiary/aromatic N) is 2. The summed E-state index contributed by atoms with van der Waals surface area (Å²) in [4.78, 5) is 0. The monoisotopic (exact) mass is 287 g/mol. The van der Waals surface area contributed by atoms with E-state index in [0.29, 0.717) is 28.9 Å². The Morgan fingerprint density at radius 2 is 2.05 bits per heavy atom. The third kappa shape index (κ3) is 2.97. The van der Waals surface area contributed by atoms with Crippen molar-refractivity contribution in [3.8, 4) is 6.07 Å². The van der Waals surface area contributed by atoms with Crippen LogP contribution in [0.3, 0.4) is 0 Å². The molecule has 0 aliphatic rings. The fourth-order valence-corrected chi connectivity index (χ4v) is 2.49. The second-order valence-corrected chi connectivity index (χ2v) is 5.73. The van der Waals surface area contributed by atoms with Crippen LogP contribution in [0.2, 0.25) is 5.02 Å². The number of hydrogen-bond donors (Lipinski definition) is 1. The molecule has 0 aliphatic carbocycles. The number of halogens is 1. The van der Waals surface area contributed by atoms with Crippen LogP contribution in [-0.2, 0) is 13.0 Å². The molecule has 1 aromatic carbocycles. The van der Waals surface area contributed by atoms with E-state index >= 15 is 0 Å². The smallest absolute Gasteiger partial charge is 0.122 e. The van der Waals surface area contributed by atoms with Crippen LogP contribution in [0.5, 0.6) is 0 Å². The third-order valence-corrected chi connectivity index (χ3v) is 3.61. The second kappa shape index (κ2) is 6.02. The number of nitriles is 1. The highest BCUT2D eigenvalue weighted by atomic mass is 35.5. The first-order valence-corrected chi connectivity index (χ1v) is 7.02. The molecule has 0 saturated heterocycles. The van der Waals surface area contributed by atoms with Crippen molar-refractivity contribution in [1.29, 1.82) is 5.26 Å². The van der Waals surface area contributed by atoms with Crippen molar-refractivity contribution in [3.05, 3.63) is 52.3 Å². The van der Waals surface area contributed by atoms with Crippen molar-refractivity contribution in [2.75, 3.05) is 5.73 Å². The summed E-state index contributed by atoms with van der Waals surface area (Å²) in [6, 6.07) is 11.6. The van der Waals surface area contributed by atoms with Gasteiger partial charge in [0, 0.05) is 10.7 Å². The summed E-state index contributed by atoms with van der Waals surface area (Å²) in [5.74, 6) is 0.476. The number of nitrogens with two attached hydrogens (primary N) is 1. The van der Waals surface area contributed by atoms with E-state index in [9.17, 15) is 5.26 Å². The Morgan fingerprint density at radius 1 is 1.35 bits per heavy atom. The predicted octanol–water partition coefficient (Wildman–Crippen LogP) is 3.84. The molecule has 0 aliphatic heterocycles. The molecule has 2 aromatic rings. The lowest BCUT2D eigenvalue weighted by molar-refractivity contribution is 0.604. The first-order chi connectivity index (χ1) is 9.52. The van der Waals surface area contributed by atoms with Gasteiger partial charge in [0.2, 0.25) is 0 Å². The highest BCUT2D eigenvalue weighted by Crippen LogP contribution is 2.25. The Bertz CT molecular complexity index is 650. The zero-order chi connectivity index (χ0) is 14.7. The van der Waals surface area contributed by atoms with Gasteiger partial charge in [0.1, 0.15) is 11.8 Å². The lowest BCUT2D eigenvalue weighted by Crippen LogP contribution is -2.10. The Labute approximate surface area is 124 Å². The normalized spacial score (nSPS) is 10.8. The summed E-state index contributed by atoms with van der Waals surface area (Å²) in [6.07, 6.45) is 0.845. The van der Waals surface area contributed by atoms with Crippen molar-refractivity contribution in [1.82, 2.24) is 4.57 Å². The summed E-state index contributed by atoms with van der Waals surface area (Å²) < 4.78 is 1.97. The lowest BCUT2D eigenvalue weighted by atomic mass is 10.1. The Hall–Kier alpha value is -1.92. The number of hydrogen-bond acceptors (Lipinski definition) is 2. The largest absolute Gasteiger partial charge is 0.397 e. The molecule has 0 amide bonds. The molecule has 0 spiro atoms. The van der Waals surface area contributed by atoms with Gasteiger partial charge in [-0.25, -0.2) is 0 Å². The maximum absolute atomic E-state index is 9.28. The van der Waals surface area contributed by atoms with E-state index in [1.165, 1.54) is 0 Å². The molecule has 0 unspecified atom stereocenters. The van der Waals surface area contributed by atoms with Crippen molar-refractivity contribution < 1.29 is 0 Å². The Morgan fingerprint density at radius 3 is 2.65 bits per heavy atom. The minimum atomic E-state index is 0.476. The standard InChI is InChI=1S/C16H18ClN3/c1-11(2)7-16-15(19)8-13(9-18)20(16)10-12-5-3-4-6-14(12)17/h3-6,8,11H,7,10,19H2,1-2H3. The number of aromatic nitrogens is 1. The Balaban J connectivity index is 2.44. The zero-order valence-corrected chi connectivity index (χ0v) is 12.5. The molecule has 1 heterocycles. The molecule has 0 fully saturated rings. The van der Waals surface area contributed by atoms with Crippen LogP contribution < -0.4 is 5.73 Å². The van der Waals surface area contributed by atoms with Crippen LogP contribution in [0.4, 0.5) is 5.69 Å². The number of nitrogen functional groups attached to an aromatic ring is 1. The third-order valence-electron chi connectivity index (χ3n) is 3.24. The van der Waals surface area contributed by atoms with E-state index in [1.807, 2.05) is 28.8 Å². The van der Waals surface area contributed by atoms with Gasteiger partial charge in [0.15, 0.2) is 0 Å². The van der Waals surface area contributed by atoms with E-state index in [2.05, 4.69) is 19.9 Å². The van der Waals surface area contributed by atoms with Gasteiger partial charge in [-0.05, 0) is 30.0 Å². The van der Waals surface area contributed by atoms with E-state index in [1.54, 1.807) is 6.07 Å². The molecule has 0 radical (unpaired) electrons. The van der Waals surface area contributed by atoms with Crippen LogP contribution in [0.25, 0.3) is 0 Å². The van der Waals surface area contributed by atoms with E-state index < -0.39 is 0 Å². The summed E-state index contributed by atoms with van der Waals surface area (Å²) in [7, 11) is 0. The van der Waals surface area contributed by atoms with Crippen LogP contribution in [0.1, 0.15) is 30.8 Å². The van der Waals surface area contributed by atoms with Crippen LogP contribution in [0, 0.1) is 17.2 Å². The lowest BCUT2D eigenvalue weighted by Gasteiger charge is -2.14. The van der Waals surface area contributed by atoms with Crippen molar-refractivity contribution in [3.63, 3.8) is 0 Å². The van der Waals surface area contributed by atoms with Crippen LogP contribution in [-0.4, -0.2) is 4.57 Å². The summed E-state index contributed by atoms with van der Waals surface area (Å²) >= 11 is 6.21. The zero-order valence-electron chi connectivity index (χ0n) is 11.7. The maximum Gasteiger partial charge on any atom is 0.122 e. The Kier molecular flexibility index (Phi) is 4.36. The highest BCUT2D eigenvalue weighted by molar-refractivity contribution is 6.31. The first kappa shape index (κ1) is 14.5. The van der Waals surface area contributed by atoms with Gasteiger partial charge in [-0.1, -0.05) is 43.6 Å². The van der Waals surface area contributed by atoms with Gasteiger partial charge in [-0.3, -0.25) is 0 Å². The van der Waals surface area contributed by atoms with Gasteiger partial charge < -0.3 is 10.3 Å². The molecule has 20 heavy (non-hydrogen) atoms. The summed E-state index contributed by atoms with van der Waals surface area (Å²) in [5.41, 5.74) is 9.32. The fraction of sp³-hybridized carbons (Fsp3) is 0.312. The molecule has 0 saturated carbocycles. The van der Waals surface area contributed by atoms with E-state index in [4.69, 9.17) is 17.3 Å². The molecule has 2 N–H and O–H groups in total. The molecular weight excluding hydrogens is 270 g/mol. The average molecular weight is 288 g/mol. The minimum Gasteiger partial charge on any atom is -0.397 e. The van der Waals surface area contributed by atoms with Crippen molar-refractivity contribution in [2.45, 2.75) is 26.8 Å². The molecular formula is C16H18ClN3. The van der Waals surface area contributed by atoms with Crippen molar-refractivity contribution >= 4 is 17.3 Å². The molecule has 2 rings (SSSR count). The fourth-order valence-electron chi connectivity index (χ4n) is 2.29. The first-order valence-electron chi connectivity index (χ1n) is 6.64. The van der Waals surface area contributed by atoms with Gasteiger partial charge in [0.05, 0.1) is 12.2 Å². The van der Waals surface area contributed by atoms with Crippen molar-refractivity contribution in [2.24, 2.45) is 5.92 Å². The maximum atomic E-state index is 9.28. The van der Waals surface area contributed by atoms with E-state index in [-0.39, 0.29) is 0 Å². The quantitative estimate of drug-likeness (QED) is 0.929. The van der Waals surface area contributed by atoms with Gasteiger partial charge in [-0.15, -0.1) is 0 Å². The molecule has 4 heteroatoms. The topological polar surface area (TPSA) is 54.7 Å². The predicted molar refractivity (Wildman–Crippen MR) is 82.7 cm³/mol. The second-order valence-electron chi connectivity index (χ2n) is 5.32. The van der Waals surface area contributed by atoms with Gasteiger partial charge in [-0.2, -0.15) is 5.26 Å². The SMILES string of the molecule is CC(C)Cc1c(N)cc(C#N)n1Cc1ccccc1Cl. The van der Waals surface area contributed by atoms with Crippen LogP contribution >= 0.6 is 11.6 Å². The van der Waals surface area contributed by atoms with E-state index in [0.717, 1.165) is 17.7 Å². The number of anilines is 1. The number of rotatable bonds is 4. The molecule has 3 nitrogen and oxygen atoms in total. The molecule has 0 atom stereocenters. The molecule has 1 aromatic heterocycles. The average Bonchev–Trinajstić information content (AvgIpc) is 2.69. The van der Waals surface area contributed by atoms with Crippen LogP contribution in [0.15, 0.2) is 30.3 Å². The molecule has 0 bridgehead atoms. The highest BCUT2D eigenvalue weighted by Gasteiger charge is 2.15. The van der Waals surface area contributed by atoms with Gasteiger partial charge >= 0.3 is 0 Å². The summed E-state index contributed by atoms with van der Waals surface area (Å²) in [5, 5.41) is 9.99. The minimum absolute atomic E-state index is 0.476. The summed E-state index contributed by atoms with van der Waals surface area (Å²) in [6.45, 7) is 4.85. The van der Waals surface area contributed by atoms with Gasteiger partial charge in [0.25, 0.3) is 0 Å². The number of benzene rings is 1. The molecule has 104 valence electrons.